The lowest BCUT2D eigenvalue weighted by Gasteiger charge is -2.17. The van der Waals surface area contributed by atoms with Gasteiger partial charge in [-0.25, -0.2) is 0 Å². The van der Waals surface area contributed by atoms with Crippen molar-refractivity contribution in [2.75, 3.05) is 6.54 Å². The van der Waals surface area contributed by atoms with E-state index in [0.29, 0.717) is 18.6 Å². The number of carbonyl (C=O) groups is 1. The van der Waals surface area contributed by atoms with Gasteiger partial charge in [0.05, 0.1) is 6.54 Å². The average molecular weight is 268 g/mol. The summed E-state index contributed by atoms with van der Waals surface area (Å²) in [5, 5.41) is 8.39. The van der Waals surface area contributed by atoms with Crippen LogP contribution in [0.3, 0.4) is 0 Å². The molecule has 0 bridgehead atoms. The fourth-order valence-corrected chi connectivity index (χ4v) is 2.68. The molecule has 1 atom stereocenters. The lowest BCUT2D eigenvalue weighted by Crippen LogP contribution is -2.42. The number of hydrogen-bond donors (Lipinski definition) is 2. The molecule has 18 heavy (non-hydrogen) atoms. The lowest BCUT2D eigenvalue weighted by atomic mass is 10.1. The fraction of sp³-hybridized carbons (Fsp3) is 0.643. The van der Waals surface area contributed by atoms with Crippen LogP contribution in [0.1, 0.15) is 38.5 Å². The van der Waals surface area contributed by atoms with Gasteiger partial charge >= 0.3 is 0 Å². The largest absolute Gasteiger partial charge is 0.352 e. The highest BCUT2D eigenvalue weighted by Gasteiger charge is 2.10. The Hall–Kier alpha value is -0.870. The average Bonchev–Trinajstić information content (AvgIpc) is 2.86. The highest BCUT2D eigenvalue weighted by Crippen LogP contribution is 2.10. The molecule has 4 heteroatoms. The third-order valence-corrected chi connectivity index (χ3v) is 3.95. The summed E-state index contributed by atoms with van der Waals surface area (Å²) in [6, 6.07) is 4.84. The molecule has 0 aromatic carbocycles. The first-order valence-electron chi connectivity index (χ1n) is 6.70. The van der Waals surface area contributed by atoms with Gasteiger partial charge in [-0.15, -0.1) is 11.3 Å². The Balaban J connectivity index is 2.21. The summed E-state index contributed by atoms with van der Waals surface area (Å²) < 4.78 is 0. The summed E-state index contributed by atoms with van der Waals surface area (Å²) in [5.41, 5.74) is 0. The second kappa shape index (κ2) is 8.27. The first-order valence-corrected chi connectivity index (χ1v) is 7.58. The molecule has 1 unspecified atom stereocenters. The summed E-state index contributed by atoms with van der Waals surface area (Å²) in [7, 11) is 0. The molecule has 0 aliphatic heterocycles. The van der Waals surface area contributed by atoms with Crippen LogP contribution in [0.25, 0.3) is 0 Å². The van der Waals surface area contributed by atoms with E-state index in [4.69, 9.17) is 0 Å². The van der Waals surface area contributed by atoms with Crippen LogP contribution in [0.2, 0.25) is 0 Å². The maximum absolute atomic E-state index is 11.7. The van der Waals surface area contributed by atoms with E-state index in [-0.39, 0.29) is 5.91 Å². The van der Waals surface area contributed by atoms with Crippen LogP contribution in [0, 0.1) is 0 Å². The van der Waals surface area contributed by atoms with Gasteiger partial charge in [0, 0.05) is 17.0 Å². The molecule has 1 rings (SSSR count). The van der Waals surface area contributed by atoms with Crippen molar-refractivity contribution in [3.05, 3.63) is 22.4 Å². The number of hydrogen-bond acceptors (Lipinski definition) is 3. The van der Waals surface area contributed by atoms with Crippen molar-refractivity contribution in [2.24, 2.45) is 0 Å². The number of carbonyl (C=O) groups excluding carboxylic acids is 1. The zero-order valence-corrected chi connectivity index (χ0v) is 12.3. The quantitative estimate of drug-likeness (QED) is 0.761. The Bertz CT molecular complexity index is 334. The van der Waals surface area contributed by atoms with Crippen molar-refractivity contribution in [3.8, 4) is 0 Å². The van der Waals surface area contributed by atoms with Gasteiger partial charge < -0.3 is 10.6 Å². The normalized spacial score (nSPS) is 12.7. The third-order valence-electron chi connectivity index (χ3n) is 3.05. The van der Waals surface area contributed by atoms with Crippen molar-refractivity contribution < 1.29 is 4.79 Å². The van der Waals surface area contributed by atoms with E-state index >= 15 is 0 Å². The SMILES string of the molecule is CCC(CC)NC(=O)CNC(C)Cc1cccs1. The van der Waals surface area contributed by atoms with Gasteiger partial charge in [0.15, 0.2) is 0 Å². The maximum atomic E-state index is 11.7. The summed E-state index contributed by atoms with van der Waals surface area (Å²) >= 11 is 1.76. The number of thiophene rings is 1. The standard InChI is InChI=1S/C14H24N2OS/c1-4-12(5-2)16-14(17)10-15-11(3)9-13-7-6-8-18-13/h6-8,11-12,15H,4-5,9-10H2,1-3H3,(H,16,17). The van der Waals surface area contributed by atoms with Gasteiger partial charge in [0.2, 0.25) is 5.91 Å². The highest BCUT2D eigenvalue weighted by molar-refractivity contribution is 7.09. The molecule has 0 spiro atoms. The van der Waals surface area contributed by atoms with Crippen molar-refractivity contribution in [1.82, 2.24) is 10.6 Å². The van der Waals surface area contributed by atoms with Crippen LogP contribution < -0.4 is 10.6 Å². The molecule has 3 nitrogen and oxygen atoms in total. The smallest absolute Gasteiger partial charge is 0.234 e. The Morgan fingerprint density at radius 1 is 1.39 bits per heavy atom. The zero-order chi connectivity index (χ0) is 13.4. The van der Waals surface area contributed by atoms with Crippen LogP contribution in [0.15, 0.2) is 17.5 Å². The van der Waals surface area contributed by atoms with Crippen LogP contribution in [-0.4, -0.2) is 24.5 Å². The second-order valence-corrected chi connectivity index (χ2v) is 5.68. The molecule has 102 valence electrons. The van der Waals surface area contributed by atoms with E-state index in [1.165, 1.54) is 4.88 Å². The predicted octanol–water partition coefficient (Wildman–Crippen LogP) is 2.57. The fourth-order valence-electron chi connectivity index (χ4n) is 1.84. The first kappa shape index (κ1) is 15.2. The second-order valence-electron chi connectivity index (χ2n) is 4.65. The van der Waals surface area contributed by atoms with Gasteiger partial charge in [-0.1, -0.05) is 19.9 Å². The predicted molar refractivity (Wildman–Crippen MR) is 78.0 cm³/mol. The molecular formula is C14H24N2OS. The minimum absolute atomic E-state index is 0.0988. The van der Waals surface area contributed by atoms with Crippen molar-refractivity contribution in [2.45, 2.75) is 52.1 Å². The Morgan fingerprint density at radius 2 is 2.11 bits per heavy atom. The third kappa shape index (κ3) is 5.65. The molecule has 0 aliphatic carbocycles. The minimum Gasteiger partial charge on any atom is -0.352 e. The molecule has 0 fully saturated rings. The van der Waals surface area contributed by atoms with Gasteiger partial charge in [0.25, 0.3) is 0 Å². The number of amides is 1. The molecule has 0 saturated carbocycles. The molecule has 1 amide bonds. The molecular weight excluding hydrogens is 244 g/mol. The van der Waals surface area contributed by atoms with E-state index < -0.39 is 0 Å². The highest BCUT2D eigenvalue weighted by atomic mass is 32.1. The van der Waals surface area contributed by atoms with E-state index in [1.807, 2.05) is 0 Å². The Morgan fingerprint density at radius 3 is 2.67 bits per heavy atom. The van der Waals surface area contributed by atoms with Gasteiger partial charge in [0.1, 0.15) is 0 Å². The van der Waals surface area contributed by atoms with E-state index in [2.05, 4.69) is 48.9 Å². The molecule has 1 aromatic heterocycles. The van der Waals surface area contributed by atoms with Crippen molar-refractivity contribution in [3.63, 3.8) is 0 Å². The first-order chi connectivity index (χ1) is 8.65. The van der Waals surface area contributed by atoms with E-state index in [9.17, 15) is 4.79 Å². The van der Waals surface area contributed by atoms with Crippen molar-refractivity contribution >= 4 is 17.2 Å². The Kier molecular flexibility index (Phi) is 6.98. The molecule has 1 aromatic rings. The lowest BCUT2D eigenvalue weighted by molar-refractivity contribution is -0.121. The van der Waals surface area contributed by atoms with Gasteiger partial charge in [-0.2, -0.15) is 0 Å². The molecule has 0 saturated heterocycles. The monoisotopic (exact) mass is 268 g/mol. The summed E-state index contributed by atoms with van der Waals surface area (Å²) in [6.07, 6.45) is 2.97. The molecule has 2 N–H and O–H groups in total. The topological polar surface area (TPSA) is 41.1 Å². The van der Waals surface area contributed by atoms with Crippen LogP contribution in [0.5, 0.6) is 0 Å². The maximum Gasteiger partial charge on any atom is 0.234 e. The van der Waals surface area contributed by atoms with Crippen LogP contribution >= 0.6 is 11.3 Å². The molecule has 0 radical (unpaired) electrons. The summed E-state index contributed by atoms with van der Waals surface area (Å²) in [6.45, 7) is 6.72. The summed E-state index contributed by atoms with van der Waals surface area (Å²) in [5.74, 6) is 0.0988. The zero-order valence-electron chi connectivity index (χ0n) is 11.5. The van der Waals surface area contributed by atoms with Crippen LogP contribution in [-0.2, 0) is 11.2 Å². The molecule has 1 heterocycles. The van der Waals surface area contributed by atoms with Crippen molar-refractivity contribution in [1.29, 1.82) is 0 Å². The summed E-state index contributed by atoms with van der Waals surface area (Å²) in [4.78, 5) is 13.1. The molecule has 0 aliphatic rings. The number of rotatable bonds is 8. The van der Waals surface area contributed by atoms with E-state index in [1.54, 1.807) is 11.3 Å². The number of nitrogens with one attached hydrogen (secondary N) is 2. The van der Waals surface area contributed by atoms with Gasteiger partial charge in [-0.3, -0.25) is 4.79 Å². The van der Waals surface area contributed by atoms with E-state index in [0.717, 1.165) is 19.3 Å². The Labute approximate surface area is 114 Å². The van der Waals surface area contributed by atoms with Gasteiger partial charge in [-0.05, 0) is 37.6 Å². The van der Waals surface area contributed by atoms with Crippen LogP contribution in [0.4, 0.5) is 0 Å². The minimum atomic E-state index is 0.0988.